The molecule has 0 radical (unpaired) electrons. The van der Waals surface area contributed by atoms with Crippen LogP contribution in [0.4, 0.5) is 5.69 Å². The average molecular weight is 337 g/mol. The number of hydrogen-bond donors (Lipinski definition) is 2. The molecule has 0 amide bonds. The molecule has 90 valence electrons. The van der Waals surface area contributed by atoms with E-state index in [-0.39, 0.29) is 5.03 Å². The van der Waals surface area contributed by atoms with Crippen molar-refractivity contribution in [3.8, 4) is 0 Å². The molecule has 2 aromatic rings. The standard InChI is InChI=1S/C9H7BrClN3O2S/c10-6-1-2-8(7(11)5-6)14-17(15,16)9-3-4-12-13-9/h1-5,14H,(H,12,13). The summed E-state index contributed by atoms with van der Waals surface area (Å²) in [7, 11) is -3.67. The molecule has 5 nitrogen and oxygen atoms in total. The van der Waals surface area contributed by atoms with Crippen molar-refractivity contribution in [2.24, 2.45) is 0 Å². The van der Waals surface area contributed by atoms with Crippen molar-refractivity contribution in [2.75, 3.05) is 4.72 Å². The third-order valence-electron chi connectivity index (χ3n) is 1.94. The zero-order valence-corrected chi connectivity index (χ0v) is 11.5. The zero-order chi connectivity index (χ0) is 12.5. The van der Waals surface area contributed by atoms with Crippen LogP contribution in [0.2, 0.25) is 5.02 Å². The molecule has 0 unspecified atom stereocenters. The van der Waals surface area contributed by atoms with Gasteiger partial charge in [0.25, 0.3) is 10.0 Å². The maximum Gasteiger partial charge on any atom is 0.278 e. The predicted octanol–water partition coefficient (Wildman–Crippen LogP) is 2.63. The molecule has 0 aliphatic heterocycles. The monoisotopic (exact) mass is 335 g/mol. The van der Waals surface area contributed by atoms with Gasteiger partial charge in [-0.15, -0.1) is 0 Å². The second-order valence-electron chi connectivity index (χ2n) is 3.15. The first-order valence-corrected chi connectivity index (χ1v) is 7.12. The van der Waals surface area contributed by atoms with Gasteiger partial charge in [-0.25, -0.2) is 0 Å². The van der Waals surface area contributed by atoms with Gasteiger partial charge in [-0.05, 0) is 24.3 Å². The second-order valence-corrected chi connectivity index (χ2v) is 6.12. The van der Waals surface area contributed by atoms with Gasteiger partial charge in [-0.2, -0.15) is 13.5 Å². The first-order chi connectivity index (χ1) is 7.99. The average Bonchev–Trinajstić information content (AvgIpc) is 2.76. The van der Waals surface area contributed by atoms with Crippen LogP contribution in [-0.2, 0) is 10.0 Å². The number of benzene rings is 1. The number of hydrogen-bond acceptors (Lipinski definition) is 3. The second kappa shape index (κ2) is 4.67. The van der Waals surface area contributed by atoms with Crippen LogP contribution in [0.15, 0.2) is 40.0 Å². The third-order valence-corrected chi connectivity index (χ3v) is 4.04. The first-order valence-electron chi connectivity index (χ1n) is 4.46. The molecule has 0 bridgehead atoms. The Labute approximate surface area is 111 Å². The predicted molar refractivity (Wildman–Crippen MR) is 68.5 cm³/mol. The molecule has 2 N–H and O–H groups in total. The summed E-state index contributed by atoms with van der Waals surface area (Å²) < 4.78 is 26.8. The van der Waals surface area contributed by atoms with Crippen molar-refractivity contribution in [3.05, 3.63) is 40.0 Å². The van der Waals surface area contributed by atoms with E-state index in [2.05, 4.69) is 30.8 Å². The Bertz CT molecular complexity index is 628. The minimum atomic E-state index is -3.67. The largest absolute Gasteiger partial charge is 0.278 e. The summed E-state index contributed by atoms with van der Waals surface area (Å²) in [6, 6.07) is 6.22. The topological polar surface area (TPSA) is 74.8 Å². The molecule has 0 saturated carbocycles. The highest BCUT2D eigenvalue weighted by molar-refractivity contribution is 9.10. The first kappa shape index (κ1) is 12.4. The number of aromatic amines is 1. The minimum absolute atomic E-state index is 0.0171. The number of H-pyrrole nitrogens is 1. The van der Waals surface area contributed by atoms with Crippen LogP contribution in [-0.4, -0.2) is 18.6 Å². The molecule has 0 atom stereocenters. The molecular weight excluding hydrogens is 330 g/mol. The molecule has 17 heavy (non-hydrogen) atoms. The number of anilines is 1. The van der Waals surface area contributed by atoms with Gasteiger partial charge >= 0.3 is 0 Å². The van der Waals surface area contributed by atoms with Gasteiger partial charge in [0, 0.05) is 4.47 Å². The number of rotatable bonds is 3. The smallest absolute Gasteiger partial charge is 0.277 e. The van der Waals surface area contributed by atoms with Gasteiger partial charge in [-0.3, -0.25) is 9.82 Å². The van der Waals surface area contributed by atoms with E-state index in [0.29, 0.717) is 10.7 Å². The summed E-state index contributed by atoms with van der Waals surface area (Å²) >= 11 is 9.15. The molecule has 0 fully saturated rings. The normalized spacial score (nSPS) is 11.4. The lowest BCUT2D eigenvalue weighted by atomic mass is 10.3. The van der Waals surface area contributed by atoms with Gasteiger partial charge in [0.1, 0.15) is 0 Å². The van der Waals surface area contributed by atoms with E-state index in [1.165, 1.54) is 12.3 Å². The number of sulfonamides is 1. The Hall–Kier alpha value is -1.05. The molecule has 8 heteroatoms. The molecule has 1 aromatic carbocycles. The van der Waals surface area contributed by atoms with Crippen molar-refractivity contribution in [3.63, 3.8) is 0 Å². The van der Waals surface area contributed by atoms with E-state index in [4.69, 9.17) is 11.6 Å². The molecule has 0 saturated heterocycles. The van der Waals surface area contributed by atoms with Crippen molar-refractivity contribution in [2.45, 2.75) is 5.03 Å². The van der Waals surface area contributed by atoms with E-state index < -0.39 is 10.0 Å². The fourth-order valence-corrected chi connectivity index (χ4v) is 2.93. The molecule has 0 aliphatic rings. The molecule has 0 spiro atoms. The summed E-state index contributed by atoms with van der Waals surface area (Å²) in [6.45, 7) is 0. The molecule has 0 aliphatic carbocycles. The highest BCUT2D eigenvalue weighted by atomic mass is 79.9. The third kappa shape index (κ3) is 2.80. The Morgan fingerprint density at radius 1 is 1.35 bits per heavy atom. The Balaban J connectivity index is 2.33. The molecule has 1 aromatic heterocycles. The highest BCUT2D eigenvalue weighted by Gasteiger charge is 2.16. The lowest BCUT2D eigenvalue weighted by Gasteiger charge is -2.08. The fourth-order valence-electron chi connectivity index (χ4n) is 1.16. The van der Waals surface area contributed by atoms with Crippen molar-refractivity contribution in [1.29, 1.82) is 0 Å². The van der Waals surface area contributed by atoms with Gasteiger partial charge < -0.3 is 0 Å². The van der Waals surface area contributed by atoms with Crippen LogP contribution in [0.1, 0.15) is 0 Å². The Kier molecular flexibility index (Phi) is 3.41. The van der Waals surface area contributed by atoms with E-state index in [9.17, 15) is 8.42 Å². The van der Waals surface area contributed by atoms with Crippen LogP contribution in [0.3, 0.4) is 0 Å². The van der Waals surface area contributed by atoms with Crippen molar-refractivity contribution < 1.29 is 8.42 Å². The summed E-state index contributed by atoms with van der Waals surface area (Å²) in [4.78, 5) is 0. The number of nitrogens with zero attached hydrogens (tertiary/aromatic N) is 1. The zero-order valence-electron chi connectivity index (χ0n) is 8.31. The molecular formula is C9H7BrClN3O2S. The highest BCUT2D eigenvalue weighted by Crippen LogP contribution is 2.27. The quantitative estimate of drug-likeness (QED) is 0.905. The maximum absolute atomic E-state index is 11.8. The van der Waals surface area contributed by atoms with E-state index in [1.54, 1.807) is 18.2 Å². The lowest BCUT2D eigenvalue weighted by molar-refractivity contribution is 0.597. The summed E-state index contributed by atoms with van der Waals surface area (Å²) in [5, 5.41) is 6.25. The van der Waals surface area contributed by atoms with Crippen LogP contribution in [0.5, 0.6) is 0 Å². The fraction of sp³-hybridized carbons (Fsp3) is 0. The lowest BCUT2D eigenvalue weighted by Crippen LogP contribution is -2.13. The van der Waals surface area contributed by atoms with Gasteiger partial charge in [-0.1, -0.05) is 27.5 Å². The Morgan fingerprint density at radius 2 is 2.12 bits per heavy atom. The van der Waals surface area contributed by atoms with Crippen LogP contribution >= 0.6 is 27.5 Å². The van der Waals surface area contributed by atoms with E-state index in [1.807, 2.05) is 0 Å². The minimum Gasteiger partial charge on any atom is -0.277 e. The molecule has 2 rings (SSSR count). The summed E-state index contributed by atoms with van der Waals surface area (Å²) in [6.07, 6.45) is 1.36. The van der Waals surface area contributed by atoms with Crippen molar-refractivity contribution in [1.82, 2.24) is 10.2 Å². The summed E-state index contributed by atoms with van der Waals surface area (Å²) in [5.41, 5.74) is 0.310. The number of halogens is 2. The Morgan fingerprint density at radius 3 is 2.71 bits per heavy atom. The van der Waals surface area contributed by atoms with E-state index in [0.717, 1.165) is 4.47 Å². The van der Waals surface area contributed by atoms with Crippen LogP contribution < -0.4 is 4.72 Å². The number of nitrogens with one attached hydrogen (secondary N) is 2. The van der Waals surface area contributed by atoms with Gasteiger partial charge in [0.15, 0.2) is 5.03 Å². The van der Waals surface area contributed by atoms with Crippen LogP contribution in [0.25, 0.3) is 0 Å². The van der Waals surface area contributed by atoms with Crippen LogP contribution in [0, 0.1) is 0 Å². The SMILES string of the molecule is O=S(=O)(Nc1ccc(Br)cc1Cl)c1ccn[nH]1. The molecule has 1 heterocycles. The van der Waals surface area contributed by atoms with Crippen molar-refractivity contribution >= 4 is 43.2 Å². The summed E-state index contributed by atoms with van der Waals surface area (Å²) in [5.74, 6) is 0. The number of aromatic nitrogens is 2. The van der Waals surface area contributed by atoms with E-state index >= 15 is 0 Å². The maximum atomic E-state index is 11.8. The van der Waals surface area contributed by atoms with Gasteiger partial charge in [0.2, 0.25) is 0 Å². The van der Waals surface area contributed by atoms with Gasteiger partial charge in [0.05, 0.1) is 16.9 Å².